The molecular formula is C28H40N2O6S3. The van der Waals surface area contributed by atoms with Crippen molar-refractivity contribution in [2.75, 3.05) is 30.1 Å². The summed E-state index contributed by atoms with van der Waals surface area (Å²) in [6, 6.07) is 5.36. The molecule has 216 valence electrons. The van der Waals surface area contributed by atoms with Crippen LogP contribution >= 0.6 is 0 Å². The maximum absolute atomic E-state index is 13.4. The number of methoxy groups -OCH3 is 1. The molecule has 2 aliphatic heterocycles. The van der Waals surface area contributed by atoms with Crippen LogP contribution in [-0.2, 0) is 34.2 Å². The third-order valence-electron chi connectivity index (χ3n) is 5.63. The maximum atomic E-state index is 13.4. The molecule has 11 heteroatoms. The molecule has 0 unspecified atom stereocenters. The second kappa shape index (κ2) is 10.9. The van der Waals surface area contributed by atoms with Gasteiger partial charge in [0.15, 0.2) is 0 Å². The van der Waals surface area contributed by atoms with Crippen LogP contribution in [0.1, 0.15) is 65.7 Å². The highest BCUT2D eigenvalue weighted by molar-refractivity contribution is 8.03. The first-order valence-corrected chi connectivity index (χ1v) is 17.6. The van der Waals surface area contributed by atoms with Gasteiger partial charge in [-0.15, -0.1) is 3.77 Å². The Bertz CT molecular complexity index is 1550. The van der Waals surface area contributed by atoms with Crippen molar-refractivity contribution in [1.82, 2.24) is 0 Å². The van der Waals surface area contributed by atoms with Crippen LogP contribution in [0.4, 0.5) is 0 Å². The average molecular weight is 597 g/mol. The van der Waals surface area contributed by atoms with E-state index in [-0.39, 0.29) is 32.8 Å². The van der Waals surface area contributed by atoms with Gasteiger partial charge in [-0.3, -0.25) is 4.78 Å². The van der Waals surface area contributed by atoms with E-state index in [0.717, 1.165) is 0 Å². The number of benzene rings is 1. The highest BCUT2D eigenvalue weighted by Gasteiger charge is 2.34. The van der Waals surface area contributed by atoms with Crippen molar-refractivity contribution in [2.24, 2.45) is 25.4 Å². The number of hydrogen-bond donors (Lipinski definition) is 1. The summed E-state index contributed by atoms with van der Waals surface area (Å²) < 4.78 is 66.9. The van der Waals surface area contributed by atoms with Crippen LogP contribution in [0.5, 0.6) is 0 Å². The number of esters is 1. The molecule has 0 saturated carbocycles. The van der Waals surface area contributed by atoms with E-state index in [0.29, 0.717) is 11.5 Å². The van der Waals surface area contributed by atoms with Gasteiger partial charge in [0.25, 0.3) is 10.0 Å². The number of carbonyl (C=O) groups excluding carboxylic acids is 1. The monoisotopic (exact) mass is 596 g/mol. The molecule has 2 aliphatic rings. The number of sulfonamides is 1. The zero-order valence-corrected chi connectivity index (χ0v) is 26.7. The Hall–Kier alpha value is -2.34. The molecule has 0 bridgehead atoms. The quantitative estimate of drug-likeness (QED) is 0.394. The lowest BCUT2D eigenvalue weighted by Crippen LogP contribution is -2.28. The lowest BCUT2D eigenvalue weighted by molar-refractivity contribution is 0.0600. The number of hydrogen-bond acceptors (Lipinski definition) is 7. The van der Waals surface area contributed by atoms with Crippen molar-refractivity contribution in [1.29, 1.82) is 4.78 Å². The Kier molecular flexibility index (Phi) is 9.20. The number of rotatable bonds is 3. The van der Waals surface area contributed by atoms with Crippen molar-refractivity contribution in [3.8, 4) is 23.7 Å². The summed E-state index contributed by atoms with van der Waals surface area (Å²) in [5.41, 5.74) is -1.68. The van der Waals surface area contributed by atoms with Gasteiger partial charge in [-0.25, -0.2) is 13.2 Å². The van der Waals surface area contributed by atoms with Crippen LogP contribution in [0.2, 0.25) is 0 Å². The SMILES string of the molecule is CC1(C)C#CC(C)(C)CS(=N)(=O)C1.COC(=O)c1cccc(S(=O)(=O)N=S2(=O)CC(C)(C)C#CC(C)(C)C2)c1. The zero-order chi connectivity index (χ0) is 30.1. The van der Waals surface area contributed by atoms with Gasteiger partial charge in [-0.1, -0.05) is 29.7 Å². The van der Waals surface area contributed by atoms with E-state index in [2.05, 4.69) is 32.2 Å². The summed E-state index contributed by atoms with van der Waals surface area (Å²) in [6.45, 7) is 15.1. The highest BCUT2D eigenvalue weighted by atomic mass is 32.3. The fraction of sp³-hybridized carbons (Fsp3) is 0.607. The van der Waals surface area contributed by atoms with Crippen LogP contribution in [0.25, 0.3) is 0 Å². The van der Waals surface area contributed by atoms with E-state index in [4.69, 9.17) is 4.78 Å². The standard InChI is InChI=1S/C18H23NO5S2.C10H17NOS/c1-17(2)9-10-18(3,4)13-25(21,12-17)19-26(22,23)15-8-6-7-14(11-15)16(20)24-5;1-9(2)5-6-10(3,4)8-13(11,12)7-9/h6-8,11H,12-13H2,1-5H3;11H,7-8H2,1-4H3. The third kappa shape index (κ3) is 9.97. The van der Waals surface area contributed by atoms with Crippen LogP contribution in [0, 0.1) is 50.1 Å². The van der Waals surface area contributed by atoms with Gasteiger partial charge in [0, 0.05) is 54.4 Å². The molecule has 0 atom stereocenters. The molecule has 1 N–H and O–H groups in total. The number of nitrogens with one attached hydrogen (secondary N) is 1. The molecule has 0 fully saturated rings. The lowest BCUT2D eigenvalue weighted by atomic mass is 9.92. The van der Waals surface area contributed by atoms with Crippen molar-refractivity contribution < 1.29 is 26.4 Å². The second-order valence-corrected chi connectivity index (χ2v) is 19.1. The van der Waals surface area contributed by atoms with Gasteiger partial charge in [0.1, 0.15) is 0 Å². The largest absolute Gasteiger partial charge is 0.465 e. The second-order valence-electron chi connectivity index (χ2n) is 12.8. The smallest absolute Gasteiger partial charge is 0.337 e. The van der Waals surface area contributed by atoms with Crippen LogP contribution in [0.15, 0.2) is 32.9 Å². The Morgan fingerprint density at radius 2 is 1.26 bits per heavy atom. The topological polar surface area (TPSA) is 131 Å². The van der Waals surface area contributed by atoms with E-state index in [1.165, 1.54) is 31.4 Å². The molecule has 0 aromatic heterocycles. The molecule has 0 saturated heterocycles. The molecule has 0 aliphatic carbocycles. The summed E-state index contributed by atoms with van der Waals surface area (Å²) in [4.78, 5) is 11.4. The first kappa shape index (κ1) is 32.9. The lowest BCUT2D eigenvalue weighted by Gasteiger charge is -2.21. The average Bonchev–Trinajstić information content (AvgIpc) is 2.87. The molecule has 8 nitrogen and oxygen atoms in total. The minimum atomic E-state index is -4.21. The number of ether oxygens (including phenoxy) is 1. The predicted molar refractivity (Wildman–Crippen MR) is 157 cm³/mol. The summed E-state index contributed by atoms with van der Waals surface area (Å²) in [7, 11) is -8.55. The molecule has 2 heterocycles. The van der Waals surface area contributed by atoms with Gasteiger partial charge in [0.05, 0.1) is 27.3 Å². The minimum absolute atomic E-state index is 0.0619. The fourth-order valence-electron chi connectivity index (χ4n) is 4.39. The van der Waals surface area contributed by atoms with Gasteiger partial charge in [-0.05, 0) is 73.6 Å². The normalized spacial score (nSPS) is 22.9. The molecule has 3 rings (SSSR count). The van der Waals surface area contributed by atoms with Crippen molar-refractivity contribution in [3.63, 3.8) is 0 Å². The zero-order valence-electron chi connectivity index (χ0n) is 24.3. The minimum Gasteiger partial charge on any atom is -0.465 e. The van der Waals surface area contributed by atoms with Gasteiger partial charge in [0.2, 0.25) is 0 Å². The Morgan fingerprint density at radius 1 is 0.846 bits per heavy atom. The van der Waals surface area contributed by atoms with Crippen molar-refractivity contribution in [2.45, 2.75) is 60.3 Å². The van der Waals surface area contributed by atoms with E-state index in [9.17, 15) is 21.6 Å². The molecule has 0 radical (unpaired) electrons. The van der Waals surface area contributed by atoms with Gasteiger partial charge >= 0.3 is 5.97 Å². The summed E-state index contributed by atoms with van der Waals surface area (Å²) >= 11 is 0. The predicted octanol–water partition coefficient (Wildman–Crippen LogP) is 4.80. The van der Waals surface area contributed by atoms with Gasteiger partial charge < -0.3 is 4.74 Å². The first-order valence-electron chi connectivity index (χ1n) is 12.4. The summed E-state index contributed by atoms with van der Waals surface area (Å²) in [5, 5.41) is 0. The van der Waals surface area contributed by atoms with Crippen LogP contribution < -0.4 is 0 Å². The van der Waals surface area contributed by atoms with Gasteiger partial charge in [-0.2, -0.15) is 8.42 Å². The Morgan fingerprint density at radius 3 is 1.67 bits per heavy atom. The number of carbonyl (C=O) groups is 1. The highest BCUT2D eigenvalue weighted by Crippen LogP contribution is 2.31. The molecular weight excluding hydrogens is 557 g/mol. The third-order valence-corrected chi connectivity index (χ3v) is 13.1. The van der Waals surface area contributed by atoms with Crippen molar-refractivity contribution in [3.05, 3.63) is 29.8 Å². The molecule has 39 heavy (non-hydrogen) atoms. The Labute approximate surface area is 235 Å². The first-order chi connectivity index (χ1) is 17.4. The molecule has 0 amide bonds. The molecule has 0 spiro atoms. The van der Waals surface area contributed by atoms with E-state index in [1.807, 2.05) is 55.4 Å². The molecule has 1 aromatic carbocycles. The molecule has 1 aromatic rings. The maximum Gasteiger partial charge on any atom is 0.337 e. The summed E-state index contributed by atoms with van der Waals surface area (Å²) in [5.74, 6) is 12.7. The van der Waals surface area contributed by atoms with Crippen LogP contribution in [0.3, 0.4) is 0 Å². The summed E-state index contributed by atoms with van der Waals surface area (Å²) in [6.07, 6.45) is 0. The van der Waals surface area contributed by atoms with Crippen LogP contribution in [-0.4, -0.2) is 52.9 Å². The van der Waals surface area contributed by atoms with Crippen molar-refractivity contribution >= 4 is 35.5 Å². The van der Waals surface area contributed by atoms with E-state index in [1.54, 1.807) is 0 Å². The Balaban J connectivity index is 0.000000344. The number of nitrogens with zero attached hydrogens (tertiary/aromatic N) is 1. The van der Waals surface area contributed by atoms with E-state index >= 15 is 0 Å². The fourth-order valence-corrected chi connectivity index (χ4v) is 12.2. The van der Waals surface area contributed by atoms with E-state index < -0.39 is 46.3 Å².